The van der Waals surface area contributed by atoms with E-state index in [1.54, 1.807) is 18.5 Å². The molecule has 5 aromatic rings. The highest BCUT2D eigenvalue weighted by atomic mass is 32.1. The number of likely N-dealkylation sites (N-methyl/N-ethyl adjacent to an activating group) is 2. The van der Waals surface area contributed by atoms with Crippen LogP contribution in [0.1, 0.15) is 32.7 Å². The fourth-order valence-corrected chi connectivity index (χ4v) is 8.39. The van der Waals surface area contributed by atoms with E-state index in [1.807, 2.05) is 40.0 Å². The number of hydrogen-bond acceptors (Lipinski definition) is 11. The zero-order valence-electron chi connectivity index (χ0n) is 31.5. The number of fused-ring (bicyclic) bond motifs is 2. The summed E-state index contributed by atoms with van der Waals surface area (Å²) in [7, 11) is 5.55. The van der Waals surface area contributed by atoms with Gasteiger partial charge in [0.25, 0.3) is 0 Å². The summed E-state index contributed by atoms with van der Waals surface area (Å²) in [4.78, 5) is 49.3. The quantitative estimate of drug-likeness (QED) is 0.222. The molecule has 2 aromatic carbocycles. The van der Waals surface area contributed by atoms with Gasteiger partial charge in [0.15, 0.2) is 22.0 Å². The van der Waals surface area contributed by atoms with Crippen molar-refractivity contribution in [2.45, 2.75) is 45.3 Å². The zero-order chi connectivity index (χ0) is 38.7. The second-order valence-corrected chi connectivity index (χ2v) is 15.7. The minimum Gasteiger partial charge on any atom is -0.492 e. The molecule has 3 aliphatic rings. The molecule has 2 aliphatic heterocycles. The third kappa shape index (κ3) is 6.78. The van der Waals surface area contributed by atoms with Crippen molar-refractivity contribution in [2.24, 2.45) is 0 Å². The van der Waals surface area contributed by atoms with Gasteiger partial charge in [-0.3, -0.25) is 14.9 Å². The topological polar surface area (TPSA) is 133 Å². The number of anilines is 4. The van der Waals surface area contributed by atoms with Crippen molar-refractivity contribution in [1.29, 1.82) is 0 Å². The van der Waals surface area contributed by atoms with Gasteiger partial charge < -0.3 is 38.8 Å². The van der Waals surface area contributed by atoms with E-state index in [-0.39, 0.29) is 44.2 Å². The van der Waals surface area contributed by atoms with Crippen LogP contribution in [0.4, 0.5) is 35.8 Å². The normalized spacial score (nSPS) is 18.3. The smallest absolute Gasteiger partial charge is 0.325 e. The average molecular weight is 775 g/mol. The number of halogens is 2. The first-order valence-electron chi connectivity index (χ1n) is 18.6. The van der Waals surface area contributed by atoms with Crippen LogP contribution in [0.15, 0.2) is 40.2 Å². The number of urea groups is 1. The first kappa shape index (κ1) is 36.8. The van der Waals surface area contributed by atoms with Crippen LogP contribution < -0.4 is 36.0 Å². The SMILES string of the molecule is CCn1cc(-c2nnc(NC(=O)Nc3cn(C4CC4)c4c(OC)c(N5CCN(C)C(C)C5)c(F)cc4c3=O)s2)c(=O)c2cc(F)c(N3CCN(C)CC3)cc21. The highest BCUT2D eigenvalue weighted by Crippen LogP contribution is 2.44. The molecule has 0 bridgehead atoms. The van der Waals surface area contributed by atoms with Crippen molar-refractivity contribution in [1.82, 2.24) is 29.1 Å². The molecule has 5 heterocycles. The molecule has 8 rings (SSSR count). The van der Waals surface area contributed by atoms with E-state index in [1.165, 1.54) is 19.2 Å². The molecule has 3 aromatic heterocycles. The van der Waals surface area contributed by atoms with Crippen LogP contribution in [0.25, 0.3) is 32.4 Å². The molecule has 14 nitrogen and oxygen atoms in total. The number of benzene rings is 2. The molecule has 2 saturated heterocycles. The van der Waals surface area contributed by atoms with Gasteiger partial charge in [-0.25, -0.2) is 13.6 Å². The second kappa shape index (κ2) is 14.5. The van der Waals surface area contributed by atoms with Crippen molar-refractivity contribution in [3.8, 4) is 16.3 Å². The number of ether oxygens (including phenoxy) is 1. The lowest BCUT2D eigenvalue weighted by atomic mass is 10.1. The van der Waals surface area contributed by atoms with E-state index < -0.39 is 28.5 Å². The summed E-state index contributed by atoms with van der Waals surface area (Å²) in [6.45, 7) is 9.49. The van der Waals surface area contributed by atoms with Gasteiger partial charge in [-0.15, -0.1) is 10.2 Å². The van der Waals surface area contributed by atoms with Crippen LogP contribution in [0.3, 0.4) is 0 Å². The predicted octanol–water partition coefficient (Wildman–Crippen LogP) is 5.01. The number of nitrogens with one attached hydrogen (secondary N) is 2. The van der Waals surface area contributed by atoms with E-state index in [9.17, 15) is 14.4 Å². The summed E-state index contributed by atoms with van der Waals surface area (Å²) in [5.41, 5.74) is 1.11. The van der Waals surface area contributed by atoms with Crippen LogP contribution in [-0.2, 0) is 6.54 Å². The van der Waals surface area contributed by atoms with Crippen molar-refractivity contribution in [3.05, 3.63) is 62.7 Å². The number of nitrogens with zero attached hydrogens (tertiary/aromatic N) is 8. The molecule has 55 heavy (non-hydrogen) atoms. The molecule has 1 saturated carbocycles. The molecular weight excluding hydrogens is 731 g/mol. The fourth-order valence-electron chi connectivity index (χ4n) is 7.65. The molecule has 1 aliphatic carbocycles. The lowest BCUT2D eigenvalue weighted by Gasteiger charge is -2.39. The van der Waals surface area contributed by atoms with Crippen molar-refractivity contribution in [3.63, 3.8) is 0 Å². The van der Waals surface area contributed by atoms with Gasteiger partial charge in [-0.05, 0) is 59.0 Å². The van der Waals surface area contributed by atoms with Gasteiger partial charge in [0.1, 0.15) is 17.2 Å². The molecule has 3 fully saturated rings. The third-order valence-corrected chi connectivity index (χ3v) is 11.9. The number of rotatable bonds is 8. The molecule has 2 amide bonds. The Bertz CT molecular complexity index is 2440. The number of hydrogen-bond donors (Lipinski definition) is 2. The number of carbonyl (C=O) groups is 1. The molecule has 0 spiro atoms. The highest BCUT2D eigenvalue weighted by molar-refractivity contribution is 7.18. The Hall–Kier alpha value is -5.13. The Morgan fingerprint density at radius 1 is 0.927 bits per heavy atom. The van der Waals surface area contributed by atoms with Gasteiger partial charge in [0, 0.05) is 82.2 Å². The minimum absolute atomic E-state index is 0.0395. The van der Waals surface area contributed by atoms with Gasteiger partial charge >= 0.3 is 6.03 Å². The van der Waals surface area contributed by atoms with E-state index in [0.717, 1.165) is 43.8 Å². The van der Waals surface area contributed by atoms with Gasteiger partial charge in [0.2, 0.25) is 10.6 Å². The molecule has 1 atom stereocenters. The maximum absolute atomic E-state index is 16.0. The molecule has 2 N–H and O–H groups in total. The monoisotopic (exact) mass is 774 g/mol. The maximum Gasteiger partial charge on any atom is 0.325 e. The van der Waals surface area contributed by atoms with Gasteiger partial charge in [-0.2, -0.15) is 0 Å². The number of carbonyl (C=O) groups excluding carboxylic acids is 1. The maximum atomic E-state index is 16.0. The largest absolute Gasteiger partial charge is 0.492 e. The van der Waals surface area contributed by atoms with Crippen LogP contribution in [0.5, 0.6) is 5.75 Å². The lowest BCUT2D eigenvalue weighted by Crippen LogP contribution is -2.50. The first-order chi connectivity index (χ1) is 26.4. The predicted molar refractivity (Wildman–Crippen MR) is 212 cm³/mol. The van der Waals surface area contributed by atoms with Crippen molar-refractivity contribution in [2.75, 3.05) is 87.5 Å². The number of aromatic nitrogens is 4. The number of aryl methyl sites for hydroxylation is 1. The molecule has 1 unspecified atom stereocenters. The van der Waals surface area contributed by atoms with Gasteiger partial charge in [-0.1, -0.05) is 11.3 Å². The number of pyridine rings is 2. The van der Waals surface area contributed by atoms with E-state index >= 15 is 8.78 Å². The molecular formula is C38H44F2N10O4S. The summed E-state index contributed by atoms with van der Waals surface area (Å²) in [6.07, 6.45) is 4.98. The summed E-state index contributed by atoms with van der Waals surface area (Å²) < 4.78 is 41.1. The van der Waals surface area contributed by atoms with E-state index in [4.69, 9.17) is 4.74 Å². The highest BCUT2D eigenvalue weighted by Gasteiger charge is 2.32. The summed E-state index contributed by atoms with van der Waals surface area (Å²) in [6, 6.07) is 3.76. The minimum atomic E-state index is -0.764. The van der Waals surface area contributed by atoms with Crippen LogP contribution >= 0.6 is 11.3 Å². The average Bonchev–Trinajstić information content (AvgIpc) is 3.92. The Kier molecular flexibility index (Phi) is 9.71. The first-order valence-corrected chi connectivity index (χ1v) is 19.4. The van der Waals surface area contributed by atoms with Crippen molar-refractivity contribution < 1.29 is 18.3 Å². The van der Waals surface area contributed by atoms with Gasteiger partial charge in [0.05, 0.1) is 34.8 Å². The Morgan fingerprint density at radius 3 is 2.35 bits per heavy atom. The Labute approximate surface area is 319 Å². The van der Waals surface area contributed by atoms with E-state index in [0.29, 0.717) is 60.9 Å². The van der Waals surface area contributed by atoms with Crippen LogP contribution in [0, 0.1) is 11.6 Å². The number of piperazine rings is 2. The molecule has 17 heteroatoms. The Morgan fingerprint density at radius 2 is 1.65 bits per heavy atom. The number of methoxy groups -OCH3 is 1. The molecule has 0 radical (unpaired) electrons. The van der Waals surface area contributed by atoms with Crippen molar-refractivity contribution >= 4 is 61.4 Å². The summed E-state index contributed by atoms with van der Waals surface area (Å²) >= 11 is 0.973. The summed E-state index contributed by atoms with van der Waals surface area (Å²) in [5, 5.41) is 14.1. The second-order valence-electron chi connectivity index (χ2n) is 14.7. The third-order valence-electron chi connectivity index (χ3n) is 11.1. The van der Waals surface area contributed by atoms with Crippen LogP contribution in [-0.4, -0.2) is 108 Å². The molecule has 290 valence electrons. The summed E-state index contributed by atoms with van der Waals surface area (Å²) in [5.74, 6) is -0.745. The standard InChI is InChI=1S/C38H44F2N10O4S/c1-6-47-19-25(33(51)23-15-26(39)30(17-29(23)47)48-12-9-45(3)10-13-48)36-43-44-38(55-36)42-37(53)41-28-20-50(22-7-8-22)31-24(34(28)52)16-27(40)32(35(31)54-5)49-14-11-46(4)21(2)18-49/h15-17,19-22H,6-14,18H2,1-5H3,(H2,41,42,44,53). The zero-order valence-corrected chi connectivity index (χ0v) is 32.3. The lowest BCUT2D eigenvalue weighted by molar-refractivity contribution is 0.232. The van der Waals surface area contributed by atoms with E-state index in [2.05, 4.69) is 37.6 Å². The Balaban J connectivity index is 1.07. The fraction of sp³-hybridized carbons (Fsp3) is 0.447. The van der Waals surface area contributed by atoms with Crippen LogP contribution in [0.2, 0.25) is 0 Å². The number of amides is 2.